The molecule has 2 unspecified atom stereocenters. The molecule has 1 aliphatic carbocycles. The SMILES string of the molecule is COc1cccc(F)c1C(=O)C1CC2COCC(C1)N2C(=O)OCC1c2ccccc2-c2ccccc21. The van der Waals surface area contributed by atoms with E-state index in [1.165, 1.54) is 30.4 Å². The molecular weight excluding hydrogens is 473 g/mol. The first-order valence-electron chi connectivity index (χ1n) is 12.6. The first-order valence-corrected chi connectivity index (χ1v) is 12.6. The number of morpholine rings is 1. The summed E-state index contributed by atoms with van der Waals surface area (Å²) < 4.78 is 31.5. The van der Waals surface area contributed by atoms with E-state index in [0.29, 0.717) is 26.1 Å². The largest absolute Gasteiger partial charge is 0.496 e. The summed E-state index contributed by atoms with van der Waals surface area (Å²) in [6.45, 7) is 0.871. The number of hydrogen-bond acceptors (Lipinski definition) is 5. The zero-order chi connectivity index (χ0) is 25.5. The number of ether oxygens (including phenoxy) is 3. The van der Waals surface area contributed by atoms with Crippen LogP contribution >= 0.6 is 0 Å². The van der Waals surface area contributed by atoms with Crippen molar-refractivity contribution in [3.8, 4) is 16.9 Å². The molecule has 2 fully saturated rings. The van der Waals surface area contributed by atoms with Gasteiger partial charge in [0.2, 0.25) is 0 Å². The van der Waals surface area contributed by atoms with Crippen molar-refractivity contribution in [1.29, 1.82) is 0 Å². The van der Waals surface area contributed by atoms with E-state index >= 15 is 0 Å². The minimum atomic E-state index is -0.593. The van der Waals surface area contributed by atoms with Crippen molar-refractivity contribution in [3.05, 3.63) is 89.2 Å². The second-order valence-corrected chi connectivity index (χ2v) is 9.91. The molecule has 7 heteroatoms. The molecule has 190 valence electrons. The Morgan fingerprint density at radius 1 is 0.919 bits per heavy atom. The molecule has 3 aliphatic rings. The molecule has 6 rings (SSSR count). The Kier molecular flexibility index (Phi) is 6.16. The number of rotatable bonds is 5. The molecule has 2 saturated heterocycles. The number of piperidine rings is 1. The summed E-state index contributed by atoms with van der Waals surface area (Å²) in [6, 6.07) is 20.2. The van der Waals surface area contributed by atoms with Gasteiger partial charge < -0.3 is 14.2 Å². The molecule has 0 radical (unpaired) electrons. The maximum absolute atomic E-state index is 14.6. The lowest BCUT2D eigenvalue weighted by Crippen LogP contribution is -2.60. The number of hydrogen-bond donors (Lipinski definition) is 0. The van der Waals surface area contributed by atoms with Gasteiger partial charge in [0.05, 0.1) is 38.0 Å². The average Bonchev–Trinajstić information content (AvgIpc) is 3.24. The zero-order valence-electron chi connectivity index (χ0n) is 20.6. The van der Waals surface area contributed by atoms with Crippen LogP contribution in [0.25, 0.3) is 11.1 Å². The number of fused-ring (bicyclic) bond motifs is 5. The Bertz CT molecular complexity index is 1300. The van der Waals surface area contributed by atoms with Gasteiger partial charge in [0, 0.05) is 11.8 Å². The number of ketones is 1. The summed E-state index contributed by atoms with van der Waals surface area (Å²) in [4.78, 5) is 28.5. The minimum Gasteiger partial charge on any atom is -0.496 e. The van der Waals surface area contributed by atoms with Crippen LogP contribution in [0.5, 0.6) is 5.75 Å². The molecule has 37 heavy (non-hydrogen) atoms. The van der Waals surface area contributed by atoms with Crippen molar-refractivity contribution in [3.63, 3.8) is 0 Å². The second-order valence-electron chi connectivity index (χ2n) is 9.91. The summed E-state index contributed by atoms with van der Waals surface area (Å²) in [5.41, 5.74) is 4.63. The minimum absolute atomic E-state index is 0.0245. The first-order chi connectivity index (χ1) is 18.1. The van der Waals surface area contributed by atoms with Crippen molar-refractivity contribution < 1.29 is 28.2 Å². The van der Waals surface area contributed by atoms with Crippen LogP contribution in [-0.4, -0.2) is 55.8 Å². The summed E-state index contributed by atoms with van der Waals surface area (Å²) >= 11 is 0. The standard InChI is InChI=1S/C30H28FNO5/c1-35-27-12-6-11-26(31)28(27)29(33)18-13-19-15-36-16-20(14-18)32(19)30(34)37-17-25-23-9-4-2-7-21(23)22-8-3-5-10-24(22)25/h2-12,18-20,25H,13-17H2,1H3. The van der Waals surface area contributed by atoms with Crippen LogP contribution in [0.2, 0.25) is 0 Å². The quantitative estimate of drug-likeness (QED) is 0.436. The molecule has 0 spiro atoms. The van der Waals surface area contributed by atoms with Gasteiger partial charge in [-0.25, -0.2) is 9.18 Å². The Morgan fingerprint density at radius 3 is 2.16 bits per heavy atom. The summed E-state index contributed by atoms with van der Waals surface area (Å²) in [7, 11) is 1.42. The molecule has 1 amide bonds. The van der Waals surface area contributed by atoms with Crippen LogP contribution < -0.4 is 4.74 Å². The third-order valence-electron chi connectivity index (χ3n) is 7.88. The highest BCUT2D eigenvalue weighted by atomic mass is 19.1. The van der Waals surface area contributed by atoms with Gasteiger partial charge in [-0.2, -0.15) is 0 Å². The zero-order valence-corrected chi connectivity index (χ0v) is 20.6. The van der Waals surface area contributed by atoms with Crippen LogP contribution in [-0.2, 0) is 9.47 Å². The highest BCUT2D eigenvalue weighted by Gasteiger charge is 2.45. The fraction of sp³-hybridized carbons (Fsp3) is 0.333. The molecule has 0 aromatic heterocycles. The van der Waals surface area contributed by atoms with E-state index in [1.807, 2.05) is 24.3 Å². The Morgan fingerprint density at radius 2 is 1.54 bits per heavy atom. The Hall–Kier alpha value is -3.71. The molecule has 0 N–H and O–H groups in total. The van der Waals surface area contributed by atoms with Crippen molar-refractivity contribution in [2.45, 2.75) is 30.8 Å². The fourth-order valence-corrected chi connectivity index (χ4v) is 6.21. The van der Waals surface area contributed by atoms with Gasteiger partial charge in [-0.05, 0) is 47.2 Å². The normalized spacial score (nSPS) is 22.2. The van der Waals surface area contributed by atoms with E-state index in [0.717, 1.165) is 11.1 Å². The lowest BCUT2D eigenvalue weighted by Gasteiger charge is -2.47. The Labute approximate surface area is 214 Å². The van der Waals surface area contributed by atoms with Crippen molar-refractivity contribution in [2.75, 3.05) is 26.9 Å². The maximum atomic E-state index is 14.6. The number of carbonyl (C=O) groups excluding carboxylic acids is 2. The lowest BCUT2D eigenvalue weighted by molar-refractivity contribution is -0.0748. The van der Waals surface area contributed by atoms with Gasteiger partial charge in [-0.3, -0.25) is 9.69 Å². The van der Waals surface area contributed by atoms with E-state index in [-0.39, 0.29) is 41.7 Å². The predicted octanol–water partition coefficient (Wildman–Crippen LogP) is 5.45. The van der Waals surface area contributed by atoms with Crippen molar-refractivity contribution in [2.24, 2.45) is 5.92 Å². The fourth-order valence-electron chi connectivity index (χ4n) is 6.21. The monoisotopic (exact) mass is 501 g/mol. The Balaban J connectivity index is 1.18. The van der Waals surface area contributed by atoms with Crippen LogP contribution in [0.3, 0.4) is 0 Å². The molecule has 3 aromatic carbocycles. The van der Waals surface area contributed by atoms with Gasteiger partial charge in [0.15, 0.2) is 5.78 Å². The number of Topliss-reactive ketones (excluding diaryl/α,β-unsaturated/α-hetero) is 1. The van der Waals surface area contributed by atoms with Gasteiger partial charge in [0.25, 0.3) is 0 Å². The van der Waals surface area contributed by atoms with E-state index in [1.54, 1.807) is 11.0 Å². The molecule has 2 bridgehead atoms. The molecular formula is C30H28FNO5. The second kappa shape index (κ2) is 9.63. The van der Waals surface area contributed by atoms with Gasteiger partial charge in [-0.15, -0.1) is 0 Å². The van der Waals surface area contributed by atoms with E-state index in [2.05, 4.69) is 24.3 Å². The number of halogens is 1. The van der Waals surface area contributed by atoms with Crippen LogP contribution in [0.1, 0.15) is 40.2 Å². The van der Waals surface area contributed by atoms with Crippen molar-refractivity contribution in [1.82, 2.24) is 4.90 Å². The lowest BCUT2D eigenvalue weighted by atomic mass is 9.80. The predicted molar refractivity (Wildman–Crippen MR) is 135 cm³/mol. The van der Waals surface area contributed by atoms with Gasteiger partial charge in [-0.1, -0.05) is 54.6 Å². The summed E-state index contributed by atoms with van der Waals surface area (Å²) in [6.07, 6.45) is 0.378. The van der Waals surface area contributed by atoms with Crippen molar-refractivity contribution >= 4 is 11.9 Å². The van der Waals surface area contributed by atoms with Crippen LogP contribution in [0.15, 0.2) is 66.7 Å². The van der Waals surface area contributed by atoms with E-state index < -0.39 is 17.8 Å². The van der Waals surface area contributed by atoms with Gasteiger partial charge >= 0.3 is 6.09 Å². The number of nitrogens with zero attached hydrogens (tertiary/aromatic N) is 1. The van der Waals surface area contributed by atoms with E-state index in [4.69, 9.17) is 14.2 Å². The highest BCUT2D eigenvalue weighted by Crippen LogP contribution is 2.45. The topological polar surface area (TPSA) is 65.1 Å². The molecule has 2 atom stereocenters. The molecule has 6 nitrogen and oxygen atoms in total. The number of benzene rings is 3. The maximum Gasteiger partial charge on any atom is 0.410 e. The van der Waals surface area contributed by atoms with Crippen LogP contribution in [0.4, 0.5) is 9.18 Å². The molecule has 0 saturated carbocycles. The molecule has 2 heterocycles. The number of amides is 1. The van der Waals surface area contributed by atoms with Crippen LogP contribution in [0, 0.1) is 11.7 Å². The third kappa shape index (κ3) is 4.07. The average molecular weight is 502 g/mol. The van der Waals surface area contributed by atoms with Gasteiger partial charge in [0.1, 0.15) is 18.2 Å². The number of methoxy groups -OCH3 is 1. The van der Waals surface area contributed by atoms with E-state index in [9.17, 15) is 14.0 Å². The molecule has 2 aliphatic heterocycles. The summed E-state index contributed by atoms with van der Waals surface area (Å²) in [5.74, 6) is -1.11. The molecule has 3 aromatic rings. The summed E-state index contributed by atoms with van der Waals surface area (Å²) in [5, 5.41) is 0. The smallest absolute Gasteiger partial charge is 0.410 e. The highest BCUT2D eigenvalue weighted by molar-refractivity contribution is 6.00. The number of carbonyl (C=O) groups is 2. The first kappa shape index (κ1) is 23.7. The third-order valence-corrected chi connectivity index (χ3v) is 7.88.